The Bertz CT molecular complexity index is 875. The zero-order chi connectivity index (χ0) is 15.9. The molecular weight excluding hydrogens is 274 g/mol. The lowest BCUT2D eigenvalue weighted by atomic mass is 10.1. The fourth-order valence-corrected chi connectivity index (χ4v) is 2.61. The van der Waals surface area contributed by atoms with Crippen LogP contribution in [0.1, 0.15) is 32.8 Å². The maximum atomic E-state index is 12.5. The van der Waals surface area contributed by atoms with Gasteiger partial charge in [-0.3, -0.25) is 4.79 Å². The number of furan rings is 1. The second-order valence-electron chi connectivity index (χ2n) is 5.76. The number of carbonyl (C=O) groups excluding carboxylic acids is 1. The van der Waals surface area contributed by atoms with Crippen LogP contribution >= 0.6 is 0 Å². The van der Waals surface area contributed by atoms with E-state index in [9.17, 15) is 4.79 Å². The lowest BCUT2D eigenvalue weighted by Gasteiger charge is -2.06. The van der Waals surface area contributed by atoms with E-state index in [0.717, 1.165) is 33.3 Å². The van der Waals surface area contributed by atoms with Crippen molar-refractivity contribution in [2.24, 2.45) is 0 Å². The largest absolute Gasteiger partial charge is 0.450 e. The third kappa shape index (κ3) is 2.39. The molecule has 0 aliphatic carbocycles. The van der Waals surface area contributed by atoms with Crippen LogP contribution in [0.25, 0.3) is 11.0 Å². The lowest BCUT2D eigenvalue weighted by Crippen LogP contribution is -2.12. The minimum atomic E-state index is -0.212. The van der Waals surface area contributed by atoms with E-state index in [2.05, 4.69) is 5.32 Å². The molecule has 0 fully saturated rings. The van der Waals surface area contributed by atoms with Gasteiger partial charge in [0, 0.05) is 16.6 Å². The van der Waals surface area contributed by atoms with Crippen molar-refractivity contribution in [1.29, 1.82) is 0 Å². The van der Waals surface area contributed by atoms with Gasteiger partial charge >= 0.3 is 0 Å². The minimum absolute atomic E-state index is 0.212. The fraction of sp³-hybridized carbons (Fsp3) is 0.211. The molecule has 0 aliphatic rings. The highest BCUT2D eigenvalue weighted by atomic mass is 16.3. The van der Waals surface area contributed by atoms with Gasteiger partial charge in [-0.2, -0.15) is 0 Å². The Morgan fingerprint density at radius 3 is 2.41 bits per heavy atom. The molecule has 0 aliphatic heterocycles. The Kier molecular flexibility index (Phi) is 3.49. The highest BCUT2D eigenvalue weighted by Gasteiger charge is 2.18. The Balaban J connectivity index is 1.97. The van der Waals surface area contributed by atoms with Crippen LogP contribution in [0.4, 0.5) is 5.69 Å². The van der Waals surface area contributed by atoms with Gasteiger partial charge in [-0.05, 0) is 56.5 Å². The van der Waals surface area contributed by atoms with Crippen LogP contribution in [0.3, 0.4) is 0 Å². The summed E-state index contributed by atoms with van der Waals surface area (Å²) in [4.78, 5) is 12.5. The third-order valence-corrected chi connectivity index (χ3v) is 4.13. The molecule has 3 nitrogen and oxygen atoms in total. The first-order chi connectivity index (χ1) is 10.5. The second kappa shape index (κ2) is 5.34. The van der Waals surface area contributed by atoms with E-state index in [4.69, 9.17) is 4.42 Å². The molecule has 0 saturated heterocycles. The van der Waals surface area contributed by atoms with Gasteiger partial charge in [-0.25, -0.2) is 0 Å². The molecule has 3 aromatic rings. The van der Waals surface area contributed by atoms with E-state index in [0.29, 0.717) is 5.76 Å². The number of hydrogen-bond donors (Lipinski definition) is 1. The SMILES string of the molecule is Cc1ccc(NC(=O)c2oc3c(C)cccc3c2C)cc1C. The Hall–Kier alpha value is -2.55. The number of amides is 1. The fourth-order valence-electron chi connectivity index (χ4n) is 2.61. The van der Waals surface area contributed by atoms with Crippen molar-refractivity contribution in [2.75, 3.05) is 5.32 Å². The Morgan fingerprint density at radius 2 is 1.73 bits per heavy atom. The molecule has 0 unspecified atom stereocenters. The first kappa shape index (κ1) is 14.4. The molecule has 1 amide bonds. The van der Waals surface area contributed by atoms with Gasteiger partial charge in [-0.1, -0.05) is 24.3 Å². The summed E-state index contributed by atoms with van der Waals surface area (Å²) in [6.45, 7) is 7.98. The second-order valence-corrected chi connectivity index (χ2v) is 5.76. The summed E-state index contributed by atoms with van der Waals surface area (Å²) in [5, 5.41) is 3.91. The van der Waals surface area contributed by atoms with E-state index in [1.54, 1.807) is 0 Å². The van der Waals surface area contributed by atoms with E-state index in [1.807, 2.05) is 64.1 Å². The maximum Gasteiger partial charge on any atom is 0.291 e. The first-order valence-electron chi connectivity index (χ1n) is 7.34. The predicted molar refractivity (Wildman–Crippen MR) is 89.6 cm³/mol. The highest BCUT2D eigenvalue weighted by Crippen LogP contribution is 2.28. The van der Waals surface area contributed by atoms with Crippen molar-refractivity contribution in [2.45, 2.75) is 27.7 Å². The number of carbonyl (C=O) groups is 1. The number of nitrogens with one attached hydrogen (secondary N) is 1. The number of anilines is 1. The van der Waals surface area contributed by atoms with Crippen molar-refractivity contribution in [3.05, 3.63) is 64.4 Å². The molecule has 0 atom stereocenters. The molecule has 0 spiro atoms. The molecule has 3 heteroatoms. The van der Waals surface area contributed by atoms with Gasteiger partial charge in [0.25, 0.3) is 5.91 Å². The Labute approximate surface area is 130 Å². The molecule has 3 rings (SSSR count). The molecule has 22 heavy (non-hydrogen) atoms. The van der Waals surface area contributed by atoms with Crippen LogP contribution < -0.4 is 5.32 Å². The van der Waals surface area contributed by atoms with Gasteiger partial charge in [-0.15, -0.1) is 0 Å². The molecule has 112 valence electrons. The summed E-state index contributed by atoms with van der Waals surface area (Å²) in [6.07, 6.45) is 0. The number of rotatable bonds is 2. The van der Waals surface area contributed by atoms with Gasteiger partial charge < -0.3 is 9.73 Å². The van der Waals surface area contributed by atoms with Gasteiger partial charge in [0.2, 0.25) is 0 Å². The molecule has 1 aromatic heterocycles. The molecule has 1 N–H and O–H groups in total. The van der Waals surface area contributed by atoms with E-state index in [-0.39, 0.29) is 5.91 Å². The molecule has 0 bridgehead atoms. The summed E-state index contributed by atoms with van der Waals surface area (Å²) in [7, 11) is 0. The zero-order valence-corrected chi connectivity index (χ0v) is 13.3. The number of aryl methyl sites for hydroxylation is 4. The molecule has 1 heterocycles. The standard InChI is InChI=1S/C19H19NO2/c1-11-8-9-15(10-13(11)3)20-19(21)18-14(4)16-7-5-6-12(2)17(16)22-18/h5-10H,1-4H3,(H,20,21). The summed E-state index contributed by atoms with van der Waals surface area (Å²) >= 11 is 0. The molecule has 2 aromatic carbocycles. The zero-order valence-electron chi connectivity index (χ0n) is 13.3. The van der Waals surface area contributed by atoms with Crippen LogP contribution in [-0.4, -0.2) is 5.91 Å². The minimum Gasteiger partial charge on any atom is -0.450 e. The topological polar surface area (TPSA) is 42.2 Å². The van der Waals surface area contributed by atoms with Gasteiger partial charge in [0.05, 0.1) is 0 Å². The lowest BCUT2D eigenvalue weighted by molar-refractivity contribution is 0.0998. The van der Waals surface area contributed by atoms with Crippen LogP contribution in [0.5, 0.6) is 0 Å². The number of hydrogen-bond acceptors (Lipinski definition) is 2. The smallest absolute Gasteiger partial charge is 0.291 e. The van der Waals surface area contributed by atoms with Crippen LogP contribution in [0, 0.1) is 27.7 Å². The van der Waals surface area contributed by atoms with E-state index < -0.39 is 0 Å². The van der Waals surface area contributed by atoms with E-state index in [1.165, 1.54) is 5.56 Å². The quantitative estimate of drug-likeness (QED) is 0.728. The van der Waals surface area contributed by atoms with Crippen molar-refractivity contribution in [1.82, 2.24) is 0 Å². The van der Waals surface area contributed by atoms with Gasteiger partial charge in [0.15, 0.2) is 5.76 Å². The normalized spacial score (nSPS) is 10.9. The number of fused-ring (bicyclic) bond motifs is 1. The van der Waals surface area contributed by atoms with Crippen LogP contribution in [0.2, 0.25) is 0 Å². The average molecular weight is 293 g/mol. The first-order valence-corrected chi connectivity index (χ1v) is 7.34. The third-order valence-electron chi connectivity index (χ3n) is 4.13. The molecule has 0 saturated carbocycles. The monoisotopic (exact) mass is 293 g/mol. The Morgan fingerprint density at radius 1 is 0.955 bits per heavy atom. The summed E-state index contributed by atoms with van der Waals surface area (Å²) < 4.78 is 5.81. The van der Waals surface area contributed by atoms with Crippen molar-refractivity contribution in [3.63, 3.8) is 0 Å². The van der Waals surface area contributed by atoms with Crippen LogP contribution in [-0.2, 0) is 0 Å². The van der Waals surface area contributed by atoms with Crippen molar-refractivity contribution < 1.29 is 9.21 Å². The molecule has 0 radical (unpaired) electrons. The molecular formula is C19H19NO2. The summed E-state index contributed by atoms with van der Waals surface area (Å²) in [5.41, 5.74) is 5.82. The number of para-hydroxylation sites is 1. The highest BCUT2D eigenvalue weighted by molar-refractivity contribution is 6.06. The average Bonchev–Trinajstić information content (AvgIpc) is 2.82. The van der Waals surface area contributed by atoms with E-state index >= 15 is 0 Å². The van der Waals surface area contributed by atoms with Crippen molar-refractivity contribution in [3.8, 4) is 0 Å². The summed E-state index contributed by atoms with van der Waals surface area (Å²) in [6, 6.07) is 11.8. The van der Waals surface area contributed by atoms with Crippen molar-refractivity contribution >= 4 is 22.6 Å². The summed E-state index contributed by atoms with van der Waals surface area (Å²) in [5.74, 6) is 0.166. The predicted octanol–water partition coefficient (Wildman–Crippen LogP) is 4.92. The maximum absolute atomic E-state index is 12.5. The van der Waals surface area contributed by atoms with Gasteiger partial charge in [0.1, 0.15) is 5.58 Å². The number of benzene rings is 2. The van der Waals surface area contributed by atoms with Crippen LogP contribution in [0.15, 0.2) is 40.8 Å².